The van der Waals surface area contributed by atoms with E-state index in [1.165, 1.54) is 6.26 Å². The first-order chi connectivity index (χ1) is 15.9. The minimum atomic E-state index is -0.493. The summed E-state index contributed by atoms with van der Waals surface area (Å²) in [6.45, 7) is 1.87. The molecule has 0 saturated carbocycles. The van der Waals surface area contributed by atoms with E-state index in [4.69, 9.17) is 32.7 Å². The van der Waals surface area contributed by atoms with Gasteiger partial charge in [0.15, 0.2) is 16.6 Å². The predicted octanol–water partition coefficient (Wildman–Crippen LogP) is 5.88. The van der Waals surface area contributed by atoms with Gasteiger partial charge in [-0.3, -0.25) is 14.9 Å². The van der Waals surface area contributed by atoms with E-state index in [2.05, 4.69) is 16.0 Å². The van der Waals surface area contributed by atoms with Crippen LogP contribution in [-0.2, 0) is 0 Å². The molecule has 2 aromatic heterocycles. The number of carbonyl (C=O) groups is 2. The molecule has 0 fully saturated rings. The Morgan fingerprint density at radius 2 is 1.70 bits per heavy atom. The minimum Gasteiger partial charge on any atom is -0.459 e. The largest absolute Gasteiger partial charge is 0.459 e. The van der Waals surface area contributed by atoms with Crippen LogP contribution in [0.1, 0.15) is 26.7 Å². The summed E-state index contributed by atoms with van der Waals surface area (Å²) in [6, 6.07) is 18.8. The molecule has 0 aliphatic carbocycles. The summed E-state index contributed by atoms with van der Waals surface area (Å²) in [5.74, 6) is -0.0243. The molecule has 0 radical (unpaired) electrons. The van der Waals surface area contributed by atoms with Crippen LogP contribution in [0.15, 0.2) is 81.8 Å². The molecule has 2 aromatic carbocycles. The Balaban J connectivity index is 1.40. The van der Waals surface area contributed by atoms with Crippen molar-refractivity contribution < 1.29 is 18.4 Å². The summed E-state index contributed by atoms with van der Waals surface area (Å²) in [5, 5.41) is 9.01. The molecule has 9 heteroatoms. The second kappa shape index (κ2) is 9.72. The van der Waals surface area contributed by atoms with E-state index in [0.717, 1.165) is 11.1 Å². The molecule has 0 atom stereocenters. The van der Waals surface area contributed by atoms with Crippen LogP contribution in [0, 0.1) is 6.92 Å². The number of aryl methyl sites for hydroxylation is 1. The predicted molar refractivity (Wildman–Crippen MR) is 131 cm³/mol. The summed E-state index contributed by atoms with van der Waals surface area (Å²) in [7, 11) is 0. The van der Waals surface area contributed by atoms with Crippen LogP contribution < -0.4 is 16.0 Å². The van der Waals surface area contributed by atoms with Crippen molar-refractivity contribution in [2.75, 3.05) is 10.6 Å². The molecule has 4 aromatic rings. The van der Waals surface area contributed by atoms with Gasteiger partial charge in [0.05, 0.1) is 6.26 Å². The Morgan fingerprint density at radius 1 is 0.909 bits per heavy atom. The highest BCUT2D eigenvalue weighted by Crippen LogP contribution is 2.24. The zero-order chi connectivity index (χ0) is 23.4. The zero-order valence-corrected chi connectivity index (χ0v) is 18.9. The van der Waals surface area contributed by atoms with Crippen LogP contribution in [0.5, 0.6) is 0 Å². The fourth-order valence-electron chi connectivity index (χ4n) is 2.98. The van der Waals surface area contributed by atoms with Crippen LogP contribution >= 0.6 is 23.8 Å². The van der Waals surface area contributed by atoms with E-state index in [1.54, 1.807) is 60.7 Å². The molecule has 0 saturated heterocycles. The second-order valence-electron chi connectivity index (χ2n) is 7.04. The highest BCUT2D eigenvalue weighted by molar-refractivity contribution is 7.80. The number of nitrogens with one attached hydrogen (secondary N) is 3. The molecule has 166 valence electrons. The Hall–Kier alpha value is -3.88. The molecule has 3 N–H and O–H groups in total. The maximum atomic E-state index is 12.6. The third-order valence-corrected chi connectivity index (χ3v) is 5.13. The summed E-state index contributed by atoms with van der Waals surface area (Å²) in [6.07, 6.45) is 1.43. The molecule has 7 nitrogen and oxygen atoms in total. The quantitative estimate of drug-likeness (QED) is 0.309. The van der Waals surface area contributed by atoms with Gasteiger partial charge < -0.3 is 19.5 Å². The molecular weight excluding hydrogens is 462 g/mol. The van der Waals surface area contributed by atoms with Gasteiger partial charge in [-0.05, 0) is 85.4 Å². The maximum Gasteiger partial charge on any atom is 0.293 e. The molecule has 0 spiro atoms. The number of benzene rings is 2. The van der Waals surface area contributed by atoms with Crippen LogP contribution in [-0.4, -0.2) is 16.9 Å². The van der Waals surface area contributed by atoms with Crippen LogP contribution in [0.3, 0.4) is 0 Å². The third kappa shape index (κ3) is 5.49. The fraction of sp³-hybridized carbons (Fsp3) is 0.0417. The van der Waals surface area contributed by atoms with Crippen molar-refractivity contribution in [1.82, 2.24) is 5.32 Å². The SMILES string of the molecule is Cc1ccc(NC(=O)c2ccco2)cc1NC(=S)NC(=O)c1ccc(-c2ccc(Cl)cc2)o1. The lowest BCUT2D eigenvalue weighted by molar-refractivity contribution is 0.0950. The summed E-state index contributed by atoms with van der Waals surface area (Å²) < 4.78 is 10.7. The van der Waals surface area contributed by atoms with Crippen molar-refractivity contribution in [3.8, 4) is 11.3 Å². The lowest BCUT2D eigenvalue weighted by atomic mass is 10.2. The van der Waals surface area contributed by atoms with Crippen LogP contribution in [0.25, 0.3) is 11.3 Å². The van der Waals surface area contributed by atoms with Crippen molar-refractivity contribution in [3.05, 3.63) is 95.1 Å². The Morgan fingerprint density at radius 3 is 2.42 bits per heavy atom. The first-order valence-corrected chi connectivity index (χ1v) is 10.6. The van der Waals surface area contributed by atoms with Gasteiger partial charge in [-0.25, -0.2) is 0 Å². The van der Waals surface area contributed by atoms with E-state index in [-0.39, 0.29) is 22.5 Å². The zero-order valence-electron chi connectivity index (χ0n) is 17.3. The number of rotatable bonds is 5. The van der Waals surface area contributed by atoms with Gasteiger partial charge in [0.2, 0.25) is 0 Å². The summed E-state index contributed by atoms with van der Waals surface area (Å²) in [5.41, 5.74) is 2.82. The number of hydrogen-bond acceptors (Lipinski definition) is 5. The second-order valence-corrected chi connectivity index (χ2v) is 7.88. The lowest BCUT2D eigenvalue weighted by Crippen LogP contribution is -2.34. The highest BCUT2D eigenvalue weighted by Gasteiger charge is 2.15. The standard InChI is InChI=1S/C24H18ClN3O4S/c1-14-4-9-17(26-22(29)20-3-2-12-31-20)13-18(14)27-24(33)28-23(30)21-11-10-19(32-21)15-5-7-16(25)8-6-15/h2-13H,1H3,(H,26,29)(H2,27,28,30,33). The molecular formula is C24H18ClN3O4S. The molecule has 0 bridgehead atoms. The molecule has 2 amide bonds. The molecule has 2 heterocycles. The highest BCUT2D eigenvalue weighted by atomic mass is 35.5. The summed E-state index contributed by atoms with van der Waals surface area (Å²) in [4.78, 5) is 24.7. The lowest BCUT2D eigenvalue weighted by Gasteiger charge is -2.13. The van der Waals surface area contributed by atoms with Crippen molar-refractivity contribution in [2.45, 2.75) is 6.92 Å². The number of hydrogen-bond donors (Lipinski definition) is 3. The fourth-order valence-corrected chi connectivity index (χ4v) is 3.31. The van der Waals surface area contributed by atoms with Gasteiger partial charge in [0.1, 0.15) is 5.76 Å². The molecule has 0 aliphatic heterocycles. The normalized spacial score (nSPS) is 10.5. The molecule has 0 unspecified atom stereocenters. The van der Waals surface area contributed by atoms with Crippen molar-refractivity contribution >= 4 is 52.1 Å². The van der Waals surface area contributed by atoms with Gasteiger partial charge in [0, 0.05) is 22.0 Å². The monoisotopic (exact) mass is 479 g/mol. The Kier molecular flexibility index (Phi) is 6.58. The third-order valence-electron chi connectivity index (χ3n) is 4.67. The molecule has 4 rings (SSSR count). The van der Waals surface area contributed by atoms with Gasteiger partial charge in [-0.15, -0.1) is 0 Å². The van der Waals surface area contributed by atoms with E-state index < -0.39 is 5.91 Å². The summed E-state index contributed by atoms with van der Waals surface area (Å²) >= 11 is 11.2. The number of amides is 2. The van der Waals surface area contributed by atoms with E-state index in [1.807, 2.05) is 13.0 Å². The first kappa shape index (κ1) is 22.3. The smallest absolute Gasteiger partial charge is 0.293 e. The minimum absolute atomic E-state index is 0.0852. The van der Waals surface area contributed by atoms with E-state index in [9.17, 15) is 9.59 Å². The first-order valence-electron chi connectivity index (χ1n) is 9.82. The number of anilines is 2. The van der Waals surface area contributed by atoms with Crippen LogP contribution in [0.2, 0.25) is 5.02 Å². The Bertz CT molecular complexity index is 1310. The number of furan rings is 2. The van der Waals surface area contributed by atoms with Crippen molar-refractivity contribution in [1.29, 1.82) is 0 Å². The average molecular weight is 480 g/mol. The van der Waals surface area contributed by atoms with E-state index >= 15 is 0 Å². The van der Waals surface area contributed by atoms with Crippen molar-refractivity contribution in [3.63, 3.8) is 0 Å². The van der Waals surface area contributed by atoms with Gasteiger partial charge in [0.25, 0.3) is 11.8 Å². The van der Waals surface area contributed by atoms with E-state index in [0.29, 0.717) is 22.2 Å². The van der Waals surface area contributed by atoms with Gasteiger partial charge in [-0.2, -0.15) is 0 Å². The number of halogens is 1. The topological polar surface area (TPSA) is 96.5 Å². The molecule has 33 heavy (non-hydrogen) atoms. The number of thiocarbonyl (C=S) groups is 1. The van der Waals surface area contributed by atoms with Gasteiger partial charge in [-0.1, -0.05) is 17.7 Å². The average Bonchev–Trinajstić information content (AvgIpc) is 3.49. The molecule has 0 aliphatic rings. The maximum absolute atomic E-state index is 12.6. The Labute approximate surface area is 199 Å². The van der Waals surface area contributed by atoms with Crippen LogP contribution in [0.4, 0.5) is 11.4 Å². The van der Waals surface area contributed by atoms with Gasteiger partial charge >= 0.3 is 0 Å². The van der Waals surface area contributed by atoms with Crippen molar-refractivity contribution in [2.24, 2.45) is 0 Å². The number of carbonyl (C=O) groups excluding carboxylic acids is 2.